The van der Waals surface area contributed by atoms with Gasteiger partial charge in [0, 0.05) is 31.7 Å². The summed E-state index contributed by atoms with van der Waals surface area (Å²) in [6.45, 7) is 4.40. The van der Waals surface area contributed by atoms with E-state index in [1.165, 1.54) is 11.1 Å². The molecule has 2 aromatic heterocycles. The lowest BCUT2D eigenvalue weighted by Crippen LogP contribution is -2.27. The molecular formula is C15H19BrN4. The topological polar surface area (TPSA) is 55.0 Å². The van der Waals surface area contributed by atoms with Crippen LogP contribution in [0.4, 0.5) is 5.82 Å². The summed E-state index contributed by atoms with van der Waals surface area (Å²) in [5.41, 5.74) is 7.99. The van der Waals surface area contributed by atoms with E-state index >= 15 is 0 Å². The number of hydrogen-bond acceptors (Lipinski definition) is 4. The van der Waals surface area contributed by atoms with E-state index in [9.17, 15) is 0 Å². The van der Waals surface area contributed by atoms with Gasteiger partial charge < -0.3 is 10.6 Å². The fraction of sp³-hybridized carbons (Fsp3) is 0.333. The Morgan fingerprint density at radius 1 is 1.30 bits per heavy atom. The van der Waals surface area contributed by atoms with Crippen LogP contribution in [0.3, 0.4) is 0 Å². The molecule has 0 spiro atoms. The number of pyridine rings is 2. The van der Waals surface area contributed by atoms with E-state index in [0.717, 1.165) is 29.8 Å². The van der Waals surface area contributed by atoms with Crippen LogP contribution >= 0.6 is 15.9 Å². The summed E-state index contributed by atoms with van der Waals surface area (Å²) in [4.78, 5) is 10.9. The van der Waals surface area contributed by atoms with Crippen LogP contribution in [0, 0.1) is 6.92 Å². The molecule has 0 fully saturated rings. The number of halogens is 1. The molecule has 0 radical (unpaired) electrons. The van der Waals surface area contributed by atoms with E-state index in [-0.39, 0.29) is 0 Å². The fourth-order valence-electron chi connectivity index (χ4n) is 2.00. The van der Waals surface area contributed by atoms with Crippen LogP contribution in [0.5, 0.6) is 0 Å². The first-order valence-electron chi connectivity index (χ1n) is 6.67. The minimum atomic E-state index is 0.674. The Morgan fingerprint density at radius 3 is 2.85 bits per heavy atom. The zero-order valence-corrected chi connectivity index (χ0v) is 13.2. The summed E-state index contributed by atoms with van der Waals surface area (Å²) in [6.07, 6.45) is 6.45. The van der Waals surface area contributed by atoms with Crippen molar-refractivity contribution >= 4 is 21.7 Å². The van der Waals surface area contributed by atoms with Crippen molar-refractivity contribution in [3.63, 3.8) is 0 Å². The predicted octanol–water partition coefficient (Wildman–Crippen LogP) is 2.90. The standard InChI is InChI=1S/C15H19BrN4/c1-12-5-8-19-15(14(12)16)20(9-3-6-17)11-13-4-2-7-18-10-13/h2,4-5,7-8,10H,3,6,9,11,17H2,1H3. The molecule has 0 atom stereocenters. The Hall–Kier alpha value is -1.46. The third-order valence-electron chi connectivity index (χ3n) is 3.09. The molecule has 0 aliphatic rings. The lowest BCUT2D eigenvalue weighted by atomic mass is 10.2. The first-order valence-corrected chi connectivity index (χ1v) is 7.46. The van der Waals surface area contributed by atoms with Crippen LogP contribution < -0.4 is 10.6 Å². The van der Waals surface area contributed by atoms with Gasteiger partial charge in [0.05, 0.1) is 4.47 Å². The second-order valence-corrected chi connectivity index (χ2v) is 5.48. The zero-order valence-electron chi connectivity index (χ0n) is 11.6. The first-order chi connectivity index (χ1) is 9.72. The highest BCUT2D eigenvalue weighted by molar-refractivity contribution is 9.10. The number of anilines is 1. The number of nitrogens with zero attached hydrogens (tertiary/aromatic N) is 3. The fourth-order valence-corrected chi connectivity index (χ4v) is 2.49. The average Bonchev–Trinajstić information content (AvgIpc) is 2.48. The summed E-state index contributed by atoms with van der Waals surface area (Å²) in [5.74, 6) is 0.960. The van der Waals surface area contributed by atoms with Crippen molar-refractivity contribution in [3.05, 3.63) is 52.4 Å². The van der Waals surface area contributed by atoms with Crippen molar-refractivity contribution in [1.29, 1.82) is 0 Å². The van der Waals surface area contributed by atoms with Gasteiger partial charge in [-0.05, 0) is 59.1 Å². The minimum absolute atomic E-state index is 0.674. The maximum Gasteiger partial charge on any atom is 0.143 e. The third kappa shape index (κ3) is 3.77. The van der Waals surface area contributed by atoms with Crippen molar-refractivity contribution in [1.82, 2.24) is 9.97 Å². The molecule has 2 heterocycles. The van der Waals surface area contributed by atoms with Gasteiger partial charge in [-0.25, -0.2) is 4.98 Å². The van der Waals surface area contributed by atoms with Crippen LogP contribution in [0.1, 0.15) is 17.5 Å². The van der Waals surface area contributed by atoms with Gasteiger partial charge in [-0.3, -0.25) is 4.98 Å². The van der Waals surface area contributed by atoms with E-state index < -0.39 is 0 Å². The summed E-state index contributed by atoms with van der Waals surface area (Å²) in [6, 6.07) is 6.03. The smallest absolute Gasteiger partial charge is 0.143 e. The van der Waals surface area contributed by atoms with E-state index in [1.54, 1.807) is 6.20 Å². The first kappa shape index (κ1) is 14.9. The molecule has 0 bridgehead atoms. The molecule has 106 valence electrons. The largest absolute Gasteiger partial charge is 0.351 e. The Kier molecular flexibility index (Phi) is 5.49. The van der Waals surface area contributed by atoms with Gasteiger partial charge in [0.15, 0.2) is 0 Å². The normalized spacial score (nSPS) is 10.6. The Bertz CT molecular complexity index is 545. The summed E-state index contributed by atoms with van der Waals surface area (Å²) >= 11 is 3.64. The van der Waals surface area contributed by atoms with E-state index in [0.29, 0.717) is 6.54 Å². The molecular weight excluding hydrogens is 316 g/mol. The van der Waals surface area contributed by atoms with E-state index in [2.05, 4.69) is 43.8 Å². The Balaban J connectivity index is 2.25. The molecule has 20 heavy (non-hydrogen) atoms. The summed E-state index contributed by atoms with van der Waals surface area (Å²) in [5, 5.41) is 0. The third-order valence-corrected chi connectivity index (χ3v) is 4.07. The lowest BCUT2D eigenvalue weighted by Gasteiger charge is -2.25. The number of aryl methyl sites for hydroxylation is 1. The van der Waals surface area contributed by atoms with Crippen LogP contribution in [0.25, 0.3) is 0 Å². The van der Waals surface area contributed by atoms with Crippen molar-refractivity contribution in [2.45, 2.75) is 19.9 Å². The van der Waals surface area contributed by atoms with Gasteiger partial charge in [-0.2, -0.15) is 0 Å². The summed E-state index contributed by atoms with van der Waals surface area (Å²) in [7, 11) is 0. The number of hydrogen-bond donors (Lipinski definition) is 1. The van der Waals surface area contributed by atoms with E-state index in [1.807, 2.05) is 24.5 Å². The summed E-state index contributed by atoms with van der Waals surface area (Å²) < 4.78 is 1.04. The van der Waals surface area contributed by atoms with Gasteiger partial charge in [0.25, 0.3) is 0 Å². The maximum atomic E-state index is 5.65. The Labute approximate surface area is 128 Å². The number of nitrogens with two attached hydrogens (primary N) is 1. The van der Waals surface area contributed by atoms with Gasteiger partial charge in [-0.1, -0.05) is 6.07 Å². The molecule has 0 saturated carbocycles. The maximum absolute atomic E-state index is 5.65. The second kappa shape index (κ2) is 7.36. The molecule has 2 aromatic rings. The molecule has 0 aromatic carbocycles. The Morgan fingerprint density at radius 2 is 2.15 bits per heavy atom. The number of aromatic nitrogens is 2. The SMILES string of the molecule is Cc1ccnc(N(CCCN)Cc2cccnc2)c1Br. The highest BCUT2D eigenvalue weighted by atomic mass is 79.9. The highest BCUT2D eigenvalue weighted by Crippen LogP contribution is 2.28. The molecule has 5 heteroatoms. The van der Waals surface area contributed by atoms with Gasteiger partial charge in [0.1, 0.15) is 5.82 Å². The quantitative estimate of drug-likeness (QED) is 0.882. The van der Waals surface area contributed by atoms with Crippen molar-refractivity contribution in [2.75, 3.05) is 18.0 Å². The number of rotatable bonds is 6. The van der Waals surface area contributed by atoms with Crippen LogP contribution in [0.15, 0.2) is 41.3 Å². The van der Waals surface area contributed by atoms with Gasteiger partial charge in [0.2, 0.25) is 0 Å². The second-order valence-electron chi connectivity index (χ2n) is 4.69. The van der Waals surface area contributed by atoms with Crippen molar-refractivity contribution in [2.24, 2.45) is 5.73 Å². The molecule has 0 amide bonds. The monoisotopic (exact) mass is 334 g/mol. The minimum Gasteiger partial charge on any atom is -0.351 e. The predicted molar refractivity (Wildman–Crippen MR) is 85.6 cm³/mol. The molecule has 0 unspecified atom stereocenters. The van der Waals surface area contributed by atoms with Crippen molar-refractivity contribution in [3.8, 4) is 0 Å². The van der Waals surface area contributed by atoms with Crippen LogP contribution in [-0.2, 0) is 6.54 Å². The molecule has 4 nitrogen and oxygen atoms in total. The van der Waals surface area contributed by atoms with Crippen molar-refractivity contribution < 1.29 is 0 Å². The highest BCUT2D eigenvalue weighted by Gasteiger charge is 2.13. The molecule has 0 aliphatic heterocycles. The molecule has 2 N–H and O–H groups in total. The van der Waals surface area contributed by atoms with E-state index in [4.69, 9.17) is 5.73 Å². The van der Waals surface area contributed by atoms with Gasteiger partial charge >= 0.3 is 0 Å². The molecule has 2 rings (SSSR count). The lowest BCUT2D eigenvalue weighted by molar-refractivity contribution is 0.722. The van der Waals surface area contributed by atoms with Gasteiger partial charge in [-0.15, -0.1) is 0 Å². The van der Waals surface area contributed by atoms with Crippen LogP contribution in [0.2, 0.25) is 0 Å². The molecule has 0 aliphatic carbocycles. The molecule has 0 saturated heterocycles. The zero-order chi connectivity index (χ0) is 14.4. The average molecular weight is 335 g/mol. The van der Waals surface area contributed by atoms with Crippen LogP contribution in [-0.4, -0.2) is 23.1 Å².